The fourth-order valence-electron chi connectivity index (χ4n) is 1.02. The van der Waals surface area contributed by atoms with Gasteiger partial charge in [-0.1, -0.05) is 13.8 Å². The summed E-state index contributed by atoms with van der Waals surface area (Å²) in [5.74, 6) is 1.77. The third kappa shape index (κ3) is 2.17. The summed E-state index contributed by atoms with van der Waals surface area (Å²) in [6.45, 7) is 4.42. The first-order valence-electron chi connectivity index (χ1n) is 4.21. The van der Waals surface area contributed by atoms with Gasteiger partial charge in [0.2, 0.25) is 0 Å². The minimum Gasteiger partial charge on any atom is -0.307 e. The molecule has 12 heavy (non-hydrogen) atoms. The van der Waals surface area contributed by atoms with Gasteiger partial charge in [0.15, 0.2) is 4.77 Å². The van der Waals surface area contributed by atoms with Crippen LogP contribution in [0.25, 0.3) is 0 Å². The predicted octanol–water partition coefficient (Wildman–Crippen LogP) is 2.07. The quantitative estimate of drug-likeness (QED) is 0.731. The second kappa shape index (κ2) is 3.85. The van der Waals surface area contributed by atoms with Crippen molar-refractivity contribution in [1.82, 2.24) is 14.8 Å². The van der Waals surface area contributed by atoms with E-state index < -0.39 is 0 Å². The van der Waals surface area contributed by atoms with E-state index in [1.54, 1.807) is 0 Å². The Bertz CT molecular complexity index is 297. The third-order valence-corrected chi connectivity index (χ3v) is 2.28. The summed E-state index contributed by atoms with van der Waals surface area (Å²) in [6, 6.07) is 0. The summed E-state index contributed by atoms with van der Waals surface area (Å²) in [4.78, 5) is 0. The van der Waals surface area contributed by atoms with Crippen molar-refractivity contribution in [2.24, 2.45) is 13.0 Å². The Kier molecular flexibility index (Phi) is 3.03. The van der Waals surface area contributed by atoms with Crippen LogP contribution in [-0.4, -0.2) is 14.8 Å². The van der Waals surface area contributed by atoms with Crippen LogP contribution in [0.5, 0.6) is 0 Å². The SMILES string of the molecule is CC(C)CCc1n[nH]c(=S)n1C. The highest BCUT2D eigenvalue weighted by atomic mass is 32.1. The molecule has 1 heterocycles. The van der Waals surface area contributed by atoms with Crippen molar-refractivity contribution in [2.75, 3.05) is 0 Å². The van der Waals surface area contributed by atoms with Crippen LogP contribution in [-0.2, 0) is 13.5 Å². The molecule has 0 aliphatic heterocycles. The smallest absolute Gasteiger partial charge is 0.194 e. The van der Waals surface area contributed by atoms with E-state index in [0.29, 0.717) is 4.77 Å². The Morgan fingerprint density at radius 1 is 1.58 bits per heavy atom. The van der Waals surface area contributed by atoms with Crippen LogP contribution in [0.4, 0.5) is 0 Å². The second-order valence-electron chi connectivity index (χ2n) is 3.44. The van der Waals surface area contributed by atoms with Crippen LogP contribution >= 0.6 is 12.2 Å². The molecule has 0 unspecified atom stereocenters. The number of aromatic nitrogens is 3. The number of nitrogens with zero attached hydrogens (tertiary/aromatic N) is 2. The Hall–Kier alpha value is -0.640. The molecule has 68 valence electrons. The molecule has 4 heteroatoms. The number of rotatable bonds is 3. The Labute approximate surface area is 77.8 Å². The number of H-pyrrole nitrogens is 1. The molecule has 0 saturated heterocycles. The van der Waals surface area contributed by atoms with E-state index in [-0.39, 0.29) is 0 Å². The standard InChI is InChI=1S/C8H15N3S/c1-6(2)4-5-7-9-10-8(12)11(7)3/h6H,4-5H2,1-3H3,(H,10,12). The molecule has 1 aromatic rings. The first-order valence-corrected chi connectivity index (χ1v) is 4.62. The van der Waals surface area contributed by atoms with Crippen LogP contribution in [0.1, 0.15) is 26.1 Å². The lowest BCUT2D eigenvalue weighted by atomic mass is 10.1. The average Bonchev–Trinajstić information content (AvgIpc) is 2.30. The molecule has 1 rings (SSSR count). The molecule has 0 atom stereocenters. The van der Waals surface area contributed by atoms with Crippen molar-refractivity contribution in [2.45, 2.75) is 26.7 Å². The van der Waals surface area contributed by atoms with E-state index in [1.165, 1.54) is 0 Å². The normalized spacial score (nSPS) is 11.0. The van der Waals surface area contributed by atoms with Gasteiger partial charge in [-0.15, -0.1) is 0 Å². The van der Waals surface area contributed by atoms with Gasteiger partial charge in [0.05, 0.1) is 0 Å². The summed E-state index contributed by atoms with van der Waals surface area (Å²) >= 11 is 5.00. The minimum atomic E-state index is 0.703. The number of aryl methyl sites for hydroxylation is 1. The van der Waals surface area contributed by atoms with Gasteiger partial charge < -0.3 is 4.57 Å². The van der Waals surface area contributed by atoms with Crippen molar-refractivity contribution in [3.05, 3.63) is 10.6 Å². The van der Waals surface area contributed by atoms with Gasteiger partial charge in [0, 0.05) is 13.5 Å². The lowest BCUT2D eigenvalue weighted by Gasteiger charge is -2.02. The highest BCUT2D eigenvalue weighted by molar-refractivity contribution is 7.71. The number of nitrogens with one attached hydrogen (secondary N) is 1. The first kappa shape index (κ1) is 9.45. The van der Waals surface area contributed by atoms with E-state index in [2.05, 4.69) is 24.0 Å². The van der Waals surface area contributed by atoms with Gasteiger partial charge in [-0.25, -0.2) is 0 Å². The Balaban J connectivity index is 2.64. The van der Waals surface area contributed by atoms with Crippen LogP contribution in [0, 0.1) is 10.7 Å². The van der Waals surface area contributed by atoms with Gasteiger partial charge in [-0.05, 0) is 24.6 Å². The maximum Gasteiger partial charge on any atom is 0.194 e. The molecule has 0 amide bonds. The fraction of sp³-hybridized carbons (Fsp3) is 0.750. The molecule has 1 aromatic heterocycles. The highest BCUT2D eigenvalue weighted by Gasteiger charge is 2.02. The van der Waals surface area contributed by atoms with Crippen molar-refractivity contribution in [3.63, 3.8) is 0 Å². The first-order chi connectivity index (χ1) is 5.61. The lowest BCUT2D eigenvalue weighted by molar-refractivity contribution is 0.565. The zero-order chi connectivity index (χ0) is 9.14. The van der Waals surface area contributed by atoms with E-state index in [9.17, 15) is 0 Å². The van der Waals surface area contributed by atoms with E-state index in [0.717, 1.165) is 24.6 Å². The summed E-state index contributed by atoms with van der Waals surface area (Å²) in [5.41, 5.74) is 0. The number of hydrogen-bond donors (Lipinski definition) is 1. The van der Waals surface area contributed by atoms with Gasteiger partial charge >= 0.3 is 0 Å². The van der Waals surface area contributed by atoms with Gasteiger partial charge in [0.25, 0.3) is 0 Å². The second-order valence-corrected chi connectivity index (χ2v) is 3.82. The van der Waals surface area contributed by atoms with Crippen molar-refractivity contribution in [1.29, 1.82) is 0 Å². The molecule has 0 spiro atoms. The Morgan fingerprint density at radius 3 is 2.67 bits per heavy atom. The van der Waals surface area contributed by atoms with Crippen molar-refractivity contribution >= 4 is 12.2 Å². The molecule has 0 aliphatic rings. The van der Waals surface area contributed by atoms with E-state index in [1.807, 2.05) is 11.6 Å². The molecular weight excluding hydrogens is 170 g/mol. The van der Waals surface area contributed by atoms with Crippen LogP contribution in [0.3, 0.4) is 0 Å². The topological polar surface area (TPSA) is 33.6 Å². The lowest BCUT2D eigenvalue weighted by Crippen LogP contribution is -2.00. The monoisotopic (exact) mass is 185 g/mol. The predicted molar refractivity (Wildman–Crippen MR) is 51.6 cm³/mol. The van der Waals surface area contributed by atoms with Crippen LogP contribution < -0.4 is 0 Å². The maximum absolute atomic E-state index is 5.00. The van der Waals surface area contributed by atoms with Gasteiger partial charge in [-0.3, -0.25) is 5.10 Å². The molecule has 1 N–H and O–H groups in total. The average molecular weight is 185 g/mol. The summed E-state index contributed by atoms with van der Waals surface area (Å²) < 4.78 is 2.63. The van der Waals surface area contributed by atoms with Gasteiger partial charge in [0.1, 0.15) is 5.82 Å². The largest absolute Gasteiger partial charge is 0.307 e. The molecule has 0 saturated carbocycles. The summed E-state index contributed by atoms with van der Waals surface area (Å²) in [6.07, 6.45) is 2.16. The van der Waals surface area contributed by atoms with E-state index in [4.69, 9.17) is 12.2 Å². The minimum absolute atomic E-state index is 0.703. The molecule has 0 bridgehead atoms. The molecule has 3 nitrogen and oxygen atoms in total. The molecule has 0 aliphatic carbocycles. The molecule has 0 aromatic carbocycles. The maximum atomic E-state index is 5.00. The summed E-state index contributed by atoms with van der Waals surface area (Å²) in [7, 11) is 1.95. The zero-order valence-electron chi connectivity index (χ0n) is 7.79. The third-order valence-electron chi connectivity index (χ3n) is 1.92. The fourth-order valence-corrected chi connectivity index (χ4v) is 1.17. The zero-order valence-corrected chi connectivity index (χ0v) is 8.61. The van der Waals surface area contributed by atoms with Gasteiger partial charge in [-0.2, -0.15) is 5.10 Å². The molecular formula is C8H15N3S. The highest BCUT2D eigenvalue weighted by Crippen LogP contribution is 2.05. The van der Waals surface area contributed by atoms with Crippen molar-refractivity contribution < 1.29 is 0 Å². The number of hydrogen-bond acceptors (Lipinski definition) is 2. The molecule has 0 fully saturated rings. The number of aromatic amines is 1. The van der Waals surface area contributed by atoms with Crippen molar-refractivity contribution in [3.8, 4) is 0 Å². The van der Waals surface area contributed by atoms with Crippen LogP contribution in [0.2, 0.25) is 0 Å². The Morgan fingerprint density at radius 2 is 2.25 bits per heavy atom. The molecule has 0 radical (unpaired) electrons. The summed E-state index contributed by atoms with van der Waals surface area (Å²) in [5, 5.41) is 6.91. The van der Waals surface area contributed by atoms with E-state index >= 15 is 0 Å². The van der Waals surface area contributed by atoms with Crippen LogP contribution in [0.15, 0.2) is 0 Å².